The predicted molar refractivity (Wildman–Crippen MR) is 102 cm³/mol. The molecule has 156 valence electrons. The molecule has 2 aromatic rings. The minimum absolute atomic E-state index is 0.0840. The molecule has 1 saturated carbocycles. The summed E-state index contributed by atoms with van der Waals surface area (Å²) >= 11 is 0. The lowest BCUT2D eigenvalue weighted by Crippen LogP contribution is -2.30. The highest BCUT2D eigenvalue weighted by molar-refractivity contribution is 5.92. The van der Waals surface area contributed by atoms with E-state index in [1.54, 1.807) is 18.2 Å². The molecule has 3 rings (SSSR count). The van der Waals surface area contributed by atoms with Crippen molar-refractivity contribution in [2.24, 2.45) is 0 Å². The summed E-state index contributed by atoms with van der Waals surface area (Å²) in [6.45, 7) is 0.970. The number of nitrogens with zero attached hydrogens (tertiary/aromatic N) is 1. The Morgan fingerprint density at radius 2 is 1.90 bits per heavy atom. The summed E-state index contributed by atoms with van der Waals surface area (Å²) in [7, 11) is 0. The molecule has 1 fully saturated rings. The molecule has 1 aromatic heterocycles. The second kappa shape index (κ2) is 9.07. The Hall–Kier alpha value is -2.90. The van der Waals surface area contributed by atoms with Gasteiger partial charge in [0, 0.05) is 24.0 Å². The molecule has 0 spiro atoms. The van der Waals surface area contributed by atoms with E-state index in [1.165, 1.54) is 12.1 Å². The van der Waals surface area contributed by atoms with Crippen LogP contribution in [0.4, 0.5) is 8.78 Å². The summed E-state index contributed by atoms with van der Waals surface area (Å²) in [5, 5.41) is 2.67. The molecule has 0 unspecified atom stereocenters. The van der Waals surface area contributed by atoms with Crippen molar-refractivity contribution in [3.63, 3.8) is 0 Å². The first-order valence-corrected chi connectivity index (χ1v) is 9.51. The summed E-state index contributed by atoms with van der Waals surface area (Å²) in [5.41, 5.74) is 3.24. The third-order valence-corrected chi connectivity index (χ3v) is 4.84. The fourth-order valence-electron chi connectivity index (χ4n) is 3.32. The van der Waals surface area contributed by atoms with Crippen LogP contribution in [0.1, 0.15) is 46.2 Å². The first-order valence-electron chi connectivity index (χ1n) is 9.51. The number of aromatic nitrogens is 1. The van der Waals surface area contributed by atoms with Crippen LogP contribution in [0.2, 0.25) is 0 Å². The Bertz CT molecular complexity index is 874. The number of hydrogen-bond donors (Lipinski definition) is 1. The number of benzene rings is 1. The second-order valence-corrected chi connectivity index (χ2v) is 7.08. The van der Waals surface area contributed by atoms with E-state index < -0.39 is 18.5 Å². The van der Waals surface area contributed by atoms with Crippen LogP contribution in [-0.2, 0) is 16.0 Å². The van der Waals surface area contributed by atoms with Crippen molar-refractivity contribution in [3.05, 3.63) is 52.8 Å². The maximum Gasteiger partial charge on any atom is 0.387 e. The lowest BCUT2D eigenvalue weighted by Gasteiger charge is -2.09. The molecule has 0 radical (unpaired) electrons. The molecule has 1 aliphatic carbocycles. The normalized spacial score (nSPS) is 13.4. The van der Waals surface area contributed by atoms with Gasteiger partial charge in [-0.15, -0.1) is 0 Å². The van der Waals surface area contributed by atoms with Gasteiger partial charge in [0.15, 0.2) is 6.61 Å². The van der Waals surface area contributed by atoms with Crippen LogP contribution in [0, 0.1) is 13.8 Å². The van der Waals surface area contributed by atoms with E-state index in [2.05, 4.69) is 14.6 Å². The topological polar surface area (TPSA) is 69.6 Å². The number of amides is 1. The Labute approximate surface area is 167 Å². The molecule has 29 heavy (non-hydrogen) atoms. The van der Waals surface area contributed by atoms with Crippen molar-refractivity contribution >= 4 is 11.9 Å². The van der Waals surface area contributed by atoms with Crippen molar-refractivity contribution in [2.75, 3.05) is 13.2 Å². The fraction of sp³-hybridized carbons (Fsp3) is 0.429. The highest BCUT2D eigenvalue weighted by Crippen LogP contribution is 2.38. The number of alkyl halides is 2. The summed E-state index contributed by atoms with van der Waals surface area (Å²) in [6.07, 6.45) is 2.75. The first-order chi connectivity index (χ1) is 13.8. The maximum atomic E-state index is 12.3. The molecule has 1 amide bonds. The van der Waals surface area contributed by atoms with E-state index in [0.717, 1.165) is 29.8 Å². The van der Waals surface area contributed by atoms with Gasteiger partial charge in [0.1, 0.15) is 5.75 Å². The van der Waals surface area contributed by atoms with Gasteiger partial charge in [-0.25, -0.2) is 4.79 Å². The third-order valence-electron chi connectivity index (χ3n) is 4.84. The quantitative estimate of drug-likeness (QED) is 0.647. The van der Waals surface area contributed by atoms with Gasteiger partial charge >= 0.3 is 12.6 Å². The number of hydrogen-bond acceptors (Lipinski definition) is 4. The molecule has 0 atom stereocenters. The average molecular weight is 406 g/mol. The summed E-state index contributed by atoms with van der Waals surface area (Å²) < 4.78 is 35.8. The third kappa shape index (κ3) is 5.56. The van der Waals surface area contributed by atoms with Crippen LogP contribution >= 0.6 is 0 Å². The molecule has 1 aromatic carbocycles. The van der Waals surface area contributed by atoms with E-state index in [9.17, 15) is 18.4 Å². The van der Waals surface area contributed by atoms with E-state index in [1.807, 2.05) is 13.8 Å². The molecule has 1 N–H and O–H groups in total. The molecule has 1 aliphatic rings. The van der Waals surface area contributed by atoms with Gasteiger partial charge in [-0.1, -0.05) is 12.1 Å². The monoisotopic (exact) mass is 406 g/mol. The molecule has 1 heterocycles. The van der Waals surface area contributed by atoms with Gasteiger partial charge in [0.25, 0.3) is 5.91 Å². The predicted octanol–water partition coefficient (Wildman–Crippen LogP) is 3.56. The van der Waals surface area contributed by atoms with Crippen LogP contribution in [0.15, 0.2) is 30.3 Å². The van der Waals surface area contributed by atoms with Gasteiger partial charge in [0.2, 0.25) is 0 Å². The zero-order valence-corrected chi connectivity index (χ0v) is 16.4. The number of nitrogens with one attached hydrogen (secondary N) is 1. The van der Waals surface area contributed by atoms with Crippen LogP contribution in [-0.4, -0.2) is 36.2 Å². The Kier molecular flexibility index (Phi) is 6.51. The molecule has 8 heteroatoms. The number of esters is 1. The van der Waals surface area contributed by atoms with Crippen LogP contribution in [0.25, 0.3) is 0 Å². The van der Waals surface area contributed by atoms with Crippen molar-refractivity contribution < 1.29 is 27.8 Å². The van der Waals surface area contributed by atoms with Gasteiger partial charge in [-0.2, -0.15) is 8.78 Å². The standard InChI is InChI=1S/C21H24F2N2O4/c1-13-11-18(14(2)25(13)16-5-6-16)20(27)28-12-19(26)24-10-9-15-3-7-17(8-4-15)29-21(22)23/h3-4,7-8,11,16,21H,5-6,9-10,12H2,1-2H3,(H,24,26). The molecule has 0 bridgehead atoms. The minimum Gasteiger partial charge on any atom is -0.452 e. The molecular formula is C21H24F2N2O4. The van der Waals surface area contributed by atoms with Gasteiger partial charge in [-0.05, 0) is 56.9 Å². The van der Waals surface area contributed by atoms with Crippen molar-refractivity contribution in [1.29, 1.82) is 0 Å². The highest BCUT2D eigenvalue weighted by atomic mass is 19.3. The smallest absolute Gasteiger partial charge is 0.387 e. The maximum absolute atomic E-state index is 12.3. The van der Waals surface area contributed by atoms with Crippen molar-refractivity contribution in [1.82, 2.24) is 9.88 Å². The van der Waals surface area contributed by atoms with E-state index in [4.69, 9.17) is 4.74 Å². The minimum atomic E-state index is -2.86. The summed E-state index contributed by atoms with van der Waals surface area (Å²) in [4.78, 5) is 24.2. The fourth-order valence-corrected chi connectivity index (χ4v) is 3.32. The number of carbonyl (C=O) groups excluding carboxylic acids is 2. The van der Waals surface area contributed by atoms with E-state index >= 15 is 0 Å². The number of carbonyl (C=O) groups is 2. The SMILES string of the molecule is Cc1cc(C(=O)OCC(=O)NCCc2ccc(OC(F)F)cc2)c(C)n1C1CC1. The van der Waals surface area contributed by atoms with Crippen LogP contribution in [0.3, 0.4) is 0 Å². The van der Waals surface area contributed by atoms with Gasteiger partial charge < -0.3 is 19.4 Å². The molecule has 0 saturated heterocycles. The lowest BCUT2D eigenvalue weighted by molar-refractivity contribution is -0.124. The van der Waals surface area contributed by atoms with Crippen LogP contribution in [0.5, 0.6) is 5.75 Å². The van der Waals surface area contributed by atoms with Crippen molar-refractivity contribution in [2.45, 2.75) is 45.8 Å². The van der Waals surface area contributed by atoms with Gasteiger partial charge in [-0.3, -0.25) is 4.79 Å². The zero-order valence-electron chi connectivity index (χ0n) is 16.4. The van der Waals surface area contributed by atoms with Crippen molar-refractivity contribution in [3.8, 4) is 5.75 Å². The average Bonchev–Trinajstić information content (AvgIpc) is 3.45. The van der Waals surface area contributed by atoms with E-state index in [-0.39, 0.29) is 12.4 Å². The zero-order chi connectivity index (χ0) is 21.0. The summed E-state index contributed by atoms with van der Waals surface area (Å²) in [5.74, 6) is -0.817. The summed E-state index contributed by atoms with van der Waals surface area (Å²) in [6, 6.07) is 8.47. The van der Waals surface area contributed by atoms with Crippen LogP contribution < -0.4 is 10.1 Å². The van der Waals surface area contributed by atoms with E-state index in [0.29, 0.717) is 24.6 Å². The Morgan fingerprint density at radius 1 is 1.21 bits per heavy atom. The molecular weight excluding hydrogens is 382 g/mol. The highest BCUT2D eigenvalue weighted by Gasteiger charge is 2.28. The molecule has 6 nitrogen and oxygen atoms in total. The second-order valence-electron chi connectivity index (χ2n) is 7.08. The molecule has 0 aliphatic heterocycles. The number of ether oxygens (including phenoxy) is 2. The number of halogens is 2. The Morgan fingerprint density at radius 3 is 2.52 bits per heavy atom. The first kappa shape index (κ1) is 20.8. The van der Waals surface area contributed by atoms with Gasteiger partial charge in [0.05, 0.1) is 5.56 Å². The lowest BCUT2D eigenvalue weighted by atomic mass is 10.1. The number of aryl methyl sites for hydroxylation is 1. The number of rotatable bonds is 9. The Balaban J connectivity index is 1.41. The largest absolute Gasteiger partial charge is 0.452 e.